The van der Waals surface area contributed by atoms with Crippen molar-refractivity contribution in [3.05, 3.63) is 47.5 Å². The zero-order valence-corrected chi connectivity index (χ0v) is 17.6. The monoisotopic (exact) mass is 412 g/mol. The molecule has 0 atom stereocenters. The molecule has 6 nitrogen and oxygen atoms in total. The van der Waals surface area contributed by atoms with Gasteiger partial charge in [-0.3, -0.25) is 0 Å². The minimum atomic E-state index is -0.387. The van der Waals surface area contributed by atoms with Gasteiger partial charge >= 0.3 is 11.9 Å². The van der Waals surface area contributed by atoms with Crippen LogP contribution in [0.4, 0.5) is 0 Å². The quantitative estimate of drug-likeness (QED) is 0.610. The Labute approximate surface area is 176 Å². The van der Waals surface area contributed by atoms with Crippen LogP contribution in [0.3, 0.4) is 0 Å². The third-order valence-corrected chi connectivity index (χ3v) is 6.51. The van der Waals surface area contributed by atoms with Crippen LogP contribution in [-0.2, 0) is 18.9 Å². The summed E-state index contributed by atoms with van der Waals surface area (Å²) in [5, 5.41) is 1.37. The van der Waals surface area contributed by atoms with E-state index in [-0.39, 0.29) is 22.8 Å². The first-order chi connectivity index (χ1) is 14.5. The number of hydrogen-bond donors (Lipinski definition) is 0. The Balaban J connectivity index is 1.52. The van der Waals surface area contributed by atoms with Crippen molar-refractivity contribution >= 4 is 22.7 Å². The predicted octanol–water partition coefficient (Wildman–Crippen LogP) is 4.01. The number of hydrogen-bond acceptors (Lipinski definition) is 6. The number of benzene rings is 2. The van der Waals surface area contributed by atoms with Crippen molar-refractivity contribution < 1.29 is 28.5 Å². The summed E-state index contributed by atoms with van der Waals surface area (Å²) < 4.78 is 21.8. The van der Waals surface area contributed by atoms with Gasteiger partial charge in [-0.2, -0.15) is 0 Å². The lowest BCUT2D eigenvalue weighted by atomic mass is 9.84. The van der Waals surface area contributed by atoms with Gasteiger partial charge < -0.3 is 18.9 Å². The van der Waals surface area contributed by atoms with Crippen LogP contribution in [0.2, 0.25) is 0 Å². The highest BCUT2D eigenvalue weighted by atomic mass is 16.6. The number of ether oxygens (including phenoxy) is 4. The van der Waals surface area contributed by atoms with E-state index in [4.69, 9.17) is 18.9 Å². The Morgan fingerprint density at radius 2 is 1.17 bits per heavy atom. The molecule has 2 fully saturated rings. The Bertz CT molecular complexity index is 854. The maximum Gasteiger partial charge on any atom is 0.338 e. The lowest BCUT2D eigenvalue weighted by molar-refractivity contribution is -0.140. The minimum absolute atomic E-state index is 0.0737. The first-order valence-electron chi connectivity index (χ1n) is 10.5. The number of carbonyl (C=O) groups is 2. The van der Waals surface area contributed by atoms with Gasteiger partial charge in [0.25, 0.3) is 0 Å². The van der Waals surface area contributed by atoms with Crippen LogP contribution in [-0.4, -0.2) is 51.6 Å². The Morgan fingerprint density at radius 3 is 1.47 bits per heavy atom. The van der Waals surface area contributed by atoms with Crippen molar-refractivity contribution in [1.82, 2.24) is 0 Å². The van der Waals surface area contributed by atoms with Gasteiger partial charge in [-0.15, -0.1) is 0 Å². The molecule has 2 aromatic rings. The first-order valence-corrected chi connectivity index (χ1v) is 10.5. The number of carbonyl (C=O) groups excluding carboxylic acids is 2. The second-order valence-electron chi connectivity index (χ2n) is 8.55. The zero-order chi connectivity index (χ0) is 21.2. The van der Waals surface area contributed by atoms with Crippen LogP contribution >= 0.6 is 0 Å². The third-order valence-electron chi connectivity index (χ3n) is 6.51. The Morgan fingerprint density at radius 1 is 0.767 bits per heavy atom. The molecule has 0 unspecified atom stereocenters. The SMILES string of the molecule is CCC1(COC(=O)c2cccc3c(C(=O)OCC4(CC)COC4)cccc23)COC1. The third kappa shape index (κ3) is 3.82. The molecule has 30 heavy (non-hydrogen) atoms. The lowest BCUT2D eigenvalue weighted by Crippen LogP contribution is -2.46. The summed E-state index contributed by atoms with van der Waals surface area (Å²) in [5.74, 6) is -0.773. The molecule has 0 aliphatic carbocycles. The van der Waals surface area contributed by atoms with E-state index in [1.165, 1.54) is 0 Å². The van der Waals surface area contributed by atoms with Gasteiger partial charge in [-0.25, -0.2) is 9.59 Å². The fourth-order valence-corrected chi connectivity index (χ4v) is 3.82. The van der Waals surface area contributed by atoms with Gasteiger partial charge in [0.1, 0.15) is 13.2 Å². The molecule has 2 aliphatic rings. The van der Waals surface area contributed by atoms with Crippen molar-refractivity contribution in [3.63, 3.8) is 0 Å². The average molecular weight is 412 g/mol. The smallest absolute Gasteiger partial charge is 0.338 e. The second-order valence-corrected chi connectivity index (χ2v) is 8.55. The molecule has 2 aromatic carbocycles. The van der Waals surface area contributed by atoms with Crippen LogP contribution < -0.4 is 0 Å². The van der Waals surface area contributed by atoms with E-state index in [1.807, 2.05) is 12.1 Å². The summed E-state index contributed by atoms with van der Waals surface area (Å²) in [6, 6.07) is 10.7. The van der Waals surface area contributed by atoms with Crippen LogP contribution in [0.5, 0.6) is 0 Å². The summed E-state index contributed by atoms with van der Waals surface area (Å²) in [7, 11) is 0. The van der Waals surface area contributed by atoms with Gasteiger partial charge in [0.05, 0.1) is 48.4 Å². The van der Waals surface area contributed by atoms with E-state index in [0.717, 1.165) is 12.8 Å². The summed E-state index contributed by atoms with van der Waals surface area (Å²) in [6.07, 6.45) is 1.80. The normalized spacial score (nSPS) is 18.9. The van der Waals surface area contributed by atoms with Gasteiger partial charge in [-0.1, -0.05) is 38.1 Å². The lowest BCUT2D eigenvalue weighted by Gasteiger charge is -2.40. The highest BCUT2D eigenvalue weighted by Crippen LogP contribution is 2.33. The van der Waals surface area contributed by atoms with Crippen LogP contribution in [0.25, 0.3) is 10.8 Å². The van der Waals surface area contributed by atoms with E-state index in [9.17, 15) is 9.59 Å². The van der Waals surface area contributed by atoms with E-state index in [2.05, 4.69) is 13.8 Å². The fraction of sp³-hybridized carbons (Fsp3) is 0.500. The van der Waals surface area contributed by atoms with Gasteiger partial charge in [0.2, 0.25) is 0 Å². The van der Waals surface area contributed by atoms with Crippen molar-refractivity contribution in [2.45, 2.75) is 26.7 Å². The molecule has 0 aromatic heterocycles. The minimum Gasteiger partial charge on any atom is -0.461 e. The number of rotatable bonds is 8. The topological polar surface area (TPSA) is 71.1 Å². The van der Waals surface area contributed by atoms with Gasteiger partial charge in [0.15, 0.2) is 0 Å². The van der Waals surface area contributed by atoms with Crippen molar-refractivity contribution in [2.24, 2.45) is 10.8 Å². The molecule has 0 spiro atoms. The Hall–Kier alpha value is -2.44. The van der Waals surface area contributed by atoms with Crippen LogP contribution in [0.15, 0.2) is 36.4 Å². The van der Waals surface area contributed by atoms with Gasteiger partial charge in [-0.05, 0) is 35.7 Å². The molecule has 0 amide bonds. The highest BCUT2D eigenvalue weighted by molar-refractivity contribution is 6.11. The van der Waals surface area contributed by atoms with E-state index >= 15 is 0 Å². The summed E-state index contributed by atoms with van der Waals surface area (Å²) in [5.41, 5.74) is 0.753. The number of esters is 2. The van der Waals surface area contributed by atoms with Crippen molar-refractivity contribution in [3.8, 4) is 0 Å². The maximum atomic E-state index is 12.8. The Kier molecular flexibility index (Phi) is 5.80. The van der Waals surface area contributed by atoms with Crippen LogP contribution in [0.1, 0.15) is 47.4 Å². The molecule has 0 radical (unpaired) electrons. The average Bonchev–Trinajstić information content (AvgIpc) is 2.71. The first kappa shape index (κ1) is 20.8. The molecule has 2 aliphatic heterocycles. The molecular weight excluding hydrogens is 384 g/mol. The molecule has 0 N–H and O–H groups in total. The van der Waals surface area contributed by atoms with Gasteiger partial charge in [0, 0.05) is 0 Å². The molecule has 6 heteroatoms. The van der Waals surface area contributed by atoms with Crippen molar-refractivity contribution in [2.75, 3.05) is 39.6 Å². The van der Waals surface area contributed by atoms with Crippen LogP contribution in [0, 0.1) is 10.8 Å². The fourth-order valence-electron chi connectivity index (χ4n) is 3.82. The number of fused-ring (bicyclic) bond motifs is 1. The molecular formula is C24H28O6. The summed E-state index contributed by atoms with van der Waals surface area (Å²) >= 11 is 0. The maximum absolute atomic E-state index is 12.8. The van der Waals surface area contributed by atoms with E-state index < -0.39 is 0 Å². The second kappa shape index (κ2) is 8.36. The molecule has 160 valence electrons. The largest absolute Gasteiger partial charge is 0.461 e. The predicted molar refractivity (Wildman–Crippen MR) is 112 cm³/mol. The molecule has 2 heterocycles. The molecule has 0 saturated carbocycles. The molecule has 0 bridgehead atoms. The molecule has 4 rings (SSSR count). The van der Waals surface area contributed by atoms with Crippen molar-refractivity contribution in [1.29, 1.82) is 0 Å². The van der Waals surface area contributed by atoms with E-state index in [1.54, 1.807) is 24.3 Å². The molecule has 2 saturated heterocycles. The standard InChI is InChI=1S/C24H28O6/c1-3-23(11-27-12-23)15-29-21(25)19-9-5-8-18-17(19)7-6-10-20(18)22(26)30-16-24(4-2)13-28-14-24/h5-10H,3-4,11-16H2,1-2H3. The highest BCUT2D eigenvalue weighted by Gasteiger charge is 2.39. The summed E-state index contributed by atoms with van der Waals surface area (Å²) in [4.78, 5) is 25.6. The van der Waals surface area contributed by atoms with E-state index in [0.29, 0.717) is 61.5 Å². The zero-order valence-electron chi connectivity index (χ0n) is 17.6. The summed E-state index contributed by atoms with van der Waals surface area (Å²) in [6.45, 7) is 7.29.